The molecule has 0 bridgehead atoms. The summed E-state index contributed by atoms with van der Waals surface area (Å²) >= 11 is 0. The van der Waals surface area contributed by atoms with Crippen LogP contribution in [0.2, 0.25) is 0 Å². The first kappa shape index (κ1) is 9.01. The van der Waals surface area contributed by atoms with Gasteiger partial charge in [0.25, 0.3) is 0 Å². The monoisotopic (exact) mass is 183 g/mol. The maximum atomic E-state index is 10.5. The van der Waals surface area contributed by atoms with Crippen molar-refractivity contribution in [1.82, 2.24) is 0 Å². The summed E-state index contributed by atoms with van der Waals surface area (Å²) in [5.41, 5.74) is 0.943. The molecule has 1 rings (SSSR count). The highest BCUT2D eigenvalue weighted by atomic mass is 31.1. The second-order valence-corrected chi connectivity index (χ2v) is 3.36. The third kappa shape index (κ3) is 2.21. The molecule has 3 nitrogen and oxygen atoms in total. The second-order valence-electron chi connectivity index (χ2n) is 2.33. The number of hydrogen-bond acceptors (Lipinski definition) is 3. The first-order valence-electron chi connectivity index (χ1n) is 3.72. The molecule has 1 aromatic carbocycles. The minimum absolute atomic E-state index is 0.353. The van der Waals surface area contributed by atoms with Gasteiger partial charge in [0, 0.05) is 12.2 Å². The van der Waals surface area contributed by atoms with Crippen molar-refractivity contribution >= 4 is 18.7 Å². The Kier molecular flexibility index (Phi) is 3.06. The van der Waals surface area contributed by atoms with Gasteiger partial charge in [-0.15, -0.1) is 0 Å². The molecule has 0 radical (unpaired) electrons. The molecule has 0 aliphatic rings. The van der Waals surface area contributed by atoms with Crippen LogP contribution in [0.5, 0.6) is 0 Å². The smallest absolute Gasteiger partial charge is 0.348 e. The van der Waals surface area contributed by atoms with E-state index in [0.29, 0.717) is 5.30 Å². The lowest BCUT2D eigenvalue weighted by Crippen LogP contribution is -1.98. The number of hydrogen-bond donors (Lipinski definition) is 1. The summed E-state index contributed by atoms with van der Waals surface area (Å²) in [5, 5.41) is 3.43. The van der Waals surface area contributed by atoms with E-state index in [9.17, 15) is 9.13 Å². The van der Waals surface area contributed by atoms with Crippen molar-refractivity contribution in [2.24, 2.45) is 0 Å². The SMILES string of the molecule is CCNc1ccc(P(=O)=O)cc1. The molecule has 0 atom stereocenters. The van der Waals surface area contributed by atoms with E-state index >= 15 is 0 Å². The van der Waals surface area contributed by atoms with Gasteiger partial charge in [-0.05, 0) is 31.2 Å². The van der Waals surface area contributed by atoms with Crippen molar-refractivity contribution in [3.8, 4) is 0 Å². The molecule has 0 fully saturated rings. The first-order chi connectivity index (χ1) is 5.74. The van der Waals surface area contributed by atoms with Gasteiger partial charge in [-0.3, -0.25) is 0 Å². The Labute approximate surface area is 71.6 Å². The van der Waals surface area contributed by atoms with E-state index in [-0.39, 0.29) is 0 Å². The van der Waals surface area contributed by atoms with Gasteiger partial charge in [0.05, 0.1) is 5.30 Å². The number of anilines is 1. The summed E-state index contributed by atoms with van der Waals surface area (Å²) in [4.78, 5) is 0. The molecule has 0 saturated carbocycles. The first-order valence-corrected chi connectivity index (χ1v) is 4.90. The highest BCUT2D eigenvalue weighted by Crippen LogP contribution is 2.09. The quantitative estimate of drug-likeness (QED) is 0.728. The molecule has 0 heterocycles. The van der Waals surface area contributed by atoms with Crippen molar-refractivity contribution in [3.63, 3.8) is 0 Å². The third-order valence-electron chi connectivity index (χ3n) is 1.46. The Bertz CT molecular complexity index is 308. The standard InChI is InChI=1S/C8H10NO2P/c1-2-9-7-3-5-8(6-4-7)12(10)11/h3-6,9H,2H2,1H3. The summed E-state index contributed by atoms with van der Waals surface area (Å²) < 4.78 is 21.0. The minimum Gasteiger partial charge on any atom is -0.385 e. The molecule has 0 aliphatic heterocycles. The van der Waals surface area contributed by atoms with E-state index in [4.69, 9.17) is 0 Å². The Hall–Kier alpha value is -1.08. The molecule has 0 amide bonds. The molecule has 0 saturated heterocycles. The highest BCUT2D eigenvalue weighted by molar-refractivity contribution is 7.40. The van der Waals surface area contributed by atoms with E-state index in [0.717, 1.165) is 12.2 Å². The Morgan fingerprint density at radius 2 is 1.83 bits per heavy atom. The molecule has 0 aromatic heterocycles. The average Bonchev–Trinajstić information content (AvgIpc) is 2.06. The second kappa shape index (κ2) is 4.07. The van der Waals surface area contributed by atoms with Gasteiger partial charge in [0.1, 0.15) is 0 Å². The Morgan fingerprint density at radius 1 is 1.25 bits per heavy atom. The van der Waals surface area contributed by atoms with Crippen molar-refractivity contribution < 1.29 is 9.13 Å². The van der Waals surface area contributed by atoms with Crippen molar-refractivity contribution in [2.75, 3.05) is 11.9 Å². The predicted molar refractivity (Wildman–Crippen MR) is 48.5 cm³/mol. The van der Waals surface area contributed by atoms with Crippen LogP contribution in [0.4, 0.5) is 5.69 Å². The molecular weight excluding hydrogens is 173 g/mol. The van der Waals surface area contributed by atoms with Crippen LogP contribution in [-0.2, 0) is 9.13 Å². The van der Waals surface area contributed by atoms with Gasteiger partial charge in [-0.1, -0.05) is 0 Å². The summed E-state index contributed by atoms with van der Waals surface area (Å²) in [7, 11) is -2.45. The zero-order chi connectivity index (χ0) is 8.97. The Morgan fingerprint density at radius 3 is 2.25 bits per heavy atom. The largest absolute Gasteiger partial charge is 0.385 e. The fraction of sp³-hybridized carbons (Fsp3) is 0.250. The Balaban J connectivity index is 2.85. The zero-order valence-electron chi connectivity index (χ0n) is 6.78. The molecule has 12 heavy (non-hydrogen) atoms. The van der Waals surface area contributed by atoms with Crippen molar-refractivity contribution in [2.45, 2.75) is 6.92 Å². The van der Waals surface area contributed by atoms with Crippen LogP contribution in [0.15, 0.2) is 24.3 Å². The lowest BCUT2D eigenvalue weighted by molar-refractivity contribution is 0.523. The molecular formula is C8H10NO2P. The highest BCUT2D eigenvalue weighted by Gasteiger charge is 1.96. The summed E-state index contributed by atoms with van der Waals surface area (Å²) in [6.07, 6.45) is 0. The summed E-state index contributed by atoms with van der Waals surface area (Å²) in [5.74, 6) is 0. The van der Waals surface area contributed by atoms with Crippen LogP contribution in [0.1, 0.15) is 6.92 Å². The molecule has 0 unspecified atom stereocenters. The van der Waals surface area contributed by atoms with Crippen LogP contribution in [0, 0.1) is 0 Å². The lowest BCUT2D eigenvalue weighted by atomic mass is 10.3. The van der Waals surface area contributed by atoms with Crippen LogP contribution in [0.25, 0.3) is 0 Å². The summed E-state index contributed by atoms with van der Waals surface area (Å²) in [6, 6.07) is 6.68. The molecule has 64 valence electrons. The normalized spacial score (nSPS) is 9.42. The minimum atomic E-state index is -2.45. The summed E-state index contributed by atoms with van der Waals surface area (Å²) in [6.45, 7) is 2.82. The van der Waals surface area contributed by atoms with Crippen LogP contribution >= 0.6 is 7.68 Å². The van der Waals surface area contributed by atoms with Gasteiger partial charge in [0.2, 0.25) is 0 Å². The van der Waals surface area contributed by atoms with Gasteiger partial charge in [-0.25, -0.2) is 9.13 Å². The number of nitrogens with one attached hydrogen (secondary N) is 1. The van der Waals surface area contributed by atoms with Gasteiger partial charge < -0.3 is 5.32 Å². The maximum Gasteiger partial charge on any atom is 0.348 e. The van der Waals surface area contributed by atoms with E-state index in [1.54, 1.807) is 24.3 Å². The van der Waals surface area contributed by atoms with Gasteiger partial charge in [0.15, 0.2) is 0 Å². The fourth-order valence-electron chi connectivity index (χ4n) is 0.905. The molecule has 4 heteroatoms. The van der Waals surface area contributed by atoms with E-state index in [2.05, 4.69) is 5.32 Å². The fourth-order valence-corrected chi connectivity index (χ4v) is 1.30. The van der Waals surface area contributed by atoms with Crippen molar-refractivity contribution in [1.29, 1.82) is 0 Å². The van der Waals surface area contributed by atoms with E-state index in [1.807, 2.05) is 6.92 Å². The zero-order valence-corrected chi connectivity index (χ0v) is 7.67. The van der Waals surface area contributed by atoms with Crippen LogP contribution < -0.4 is 10.6 Å². The number of benzene rings is 1. The topological polar surface area (TPSA) is 46.2 Å². The number of rotatable bonds is 3. The molecule has 1 N–H and O–H groups in total. The predicted octanol–water partition coefficient (Wildman–Crippen LogP) is 1.92. The van der Waals surface area contributed by atoms with Gasteiger partial charge in [-0.2, -0.15) is 0 Å². The van der Waals surface area contributed by atoms with E-state index < -0.39 is 7.68 Å². The lowest BCUT2D eigenvalue weighted by Gasteiger charge is -2.00. The third-order valence-corrected chi connectivity index (χ3v) is 2.18. The van der Waals surface area contributed by atoms with Crippen molar-refractivity contribution in [3.05, 3.63) is 24.3 Å². The van der Waals surface area contributed by atoms with Gasteiger partial charge >= 0.3 is 7.68 Å². The van der Waals surface area contributed by atoms with Crippen LogP contribution in [0.3, 0.4) is 0 Å². The average molecular weight is 183 g/mol. The van der Waals surface area contributed by atoms with Crippen LogP contribution in [-0.4, -0.2) is 6.54 Å². The molecule has 0 aliphatic carbocycles. The molecule has 0 spiro atoms. The maximum absolute atomic E-state index is 10.5. The van der Waals surface area contributed by atoms with E-state index in [1.165, 1.54) is 0 Å². The molecule has 1 aromatic rings.